The van der Waals surface area contributed by atoms with Gasteiger partial charge in [0, 0.05) is 38.8 Å². The van der Waals surface area contributed by atoms with Crippen molar-refractivity contribution in [1.29, 1.82) is 0 Å². The number of nitrogens with one attached hydrogen (secondary N) is 2. The molecule has 1 saturated carbocycles. The molecular weight excluding hydrogens is 507 g/mol. The number of ether oxygens (including phenoxy) is 1. The number of piperidine rings is 1. The summed E-state index contributed by atoms with van der Waals surface area (Å²) in [6.07, 6.45) is 13.0. The van der Waals surface area contributed by atoms with E-state index in [2.05, 4.69) is 40.0 Å². The fraction of sp³-hybridized carbons (Fsp3) is 0.783. The topological polar surface area (TPSA) is 48.9 Å². The Labute approximate surface area is 204 Å². The Bertz CT molecular complexity index is 570. The van der Waals surface area contributed by atoms with Crippen molar-refractivity contribution in [2.75, 3.05) is 37.7 Å². The Morgan fingerprint density at radius 2 is 1.93 bits per heavy atom. The molecule has 1 saturated heterocycles. The molecular formula is C23H41IN4OS. The highest BCUT2D eigenvalue weighted by molar-refractivity contribution is 14.0. The molecule has 172 valence electrons. The number of nitrogens with zero attached hydrogens (tertiary/aromatic N) is 2. The largest absolute Gasteiger partial charge is 0.378 e. The van der Waals surface area contributed by atoms with E-state index < -0.39 is 0 Å². The van der Waals surface area contributed by atoms with Gasteiger partial charge in [-0.25, -0.2) is 0 Å². The van der Waals surface area contributed by atoms with Crippen LogP contribution in [0.4, 0.5) is 5.00 Å². The van der Waals surface area contributed by atoms with Gasteiger partial charge in [0.1, 0.15) is 0 Å². The van der Waals surface area contributed by atoms with Gasteiger partial charge in [0.2, 0.25) is 0 Å². The zero-order valence-corrected chi connectivity index (χ0v) is 21.8. The molecule has 5 nitrogen and oxygen atoms in total. The summed E-state index contributed by atoms with van der Waals surface area (Å²) in [6, 6.07) is 4.89. The number of unbranched alkanes of at least 4 members (excludes halogenated alkanes) is 2. The predicted molar refractivity (Wildman–Crippen MR) is 141 cm³/mol. The van der Waals surface area contributed by atoms with Crippen LogP contribution in [0, 0.1) is 0 Å². The van der Waals surface area contributed by atoms with Gasteiger partial charge in [-0.15, -0.1) is 35.3 Å². The number of halogens is 1. The van der Waals surface area contributed by atoms with Crippen LogP contribution in [0.2, 0.25) is 0 Å². The van der Waals surface area contributed by atoms with Crippen molar-refractivity contribution >= 4 is 46.3 Å². The number of guanidine groups is 1. The van der Waals surface area contributed by atoms with Gasteiger partial charge in [-0.3, -0.25) is 4.99 Å². The maximum atomic E-state index is 6.02. The van der Waals surface area contributed by atoms with Gasteiger partial charge in [-0.05, 0) is 69.4 Å². The third kappa shape index (κ3) is 9.30. The maximum absolute atomic E-state index is 6.02. The van der Waals surface area contributed by atoms with Crippen LogP contribution >= 0.6 is 35.3 Å². The van der Waals surface area contributed by atoms with Crippen LogP contribution in [-0.4, -0.2) is 50.9 Å². The molecule has 0 unspecified atom stereocenters. The van der Waals surface area contributed by atoms with Crippen molar-refractivity contribution in [1.82, 2.24) is 10.6 Å². The summed E-state index contributed by atoms with van der Waals surface area (Å²) in [4.78, 5) is 7.31. The molecule has 0 aromatic carbocycles. The second kappa shape index (κ2) is 15.3. The first-order chi connectivity index (χ1) is 14.3. The summed E-state index contributed by atoms with van der Waals surface area (Å²) in [5, 5.41) is 10.6. The fourth-order valence-corrected chi connectivity index (χ4v) is 5.06. The minimum atomic E-state index is 0. The lowest BCUT2D eigenvalue weighted by atomic mass is 9.98. The third-order valence-electron chi connectivity index (χ3n) is 5.98. The Morgan fingerprint density at radius 1 is 1.13 bits per heavy atom. The first kappa shape index (κ1) is 25.7. The molecule has 30 heavy (non-hydrogen) atoms. The molecule has 2 heterocycles. The number of hydrogen-bond donors (Lipinski definition) is 2. The molecule has 2 N–H and O–H groups in total. The fourth-order valence-electron chi connectivity index (χ4n) is 4.27. The van der Waals surface area contributed by atoms with Gasteiger partial charge in [0.25, 0.3) is 0 Å². The van der Waals surface area contributed by atoms with E-state index >= 15 is 0 Å². The van der Waals surface area contributed by atoms with Crippen LogP contribution in [0.15, 0.2) is 22.5 Å². The van der Waals surface area contributed by atoms with E-state index in [1.165, 1.54) is 56.4 Å². The summed E-state index contributed by atoms with van der Waals surface area (Å²) in [5.74, 6) is 0.987. The number of thiophene rings is 1. The van der Waals surface area contributed by atoms with E-state index in [-0.39, 0.29) is 24.0 Å². The van der Waals surface area contributed by atoms with E-state index in [1.54, 1.807) is 0 Å². The minimum Gasteiger partial charge on any atom is -0.378 e. The summed E-state index contributed by atoms with van der Waals surface area (Å²) >= 11 is 1.84. The summed E-state index contributed by atoms with van der Waals surface area (Å²) in [6.45, 7) is 7.12. The lowest BCUT2D eigenvalue weighted by Crippen LogP contribution is -2.48. The summed E-state index contributed by atoms with van der Waals surface area (Å²) < 4.78 is 6.02. The summed E-state index contributed by atoms with van der Waals surface area (Å²) in [5.41, 5.74) is 0. The molecule has 1 aromatic heterocycles. The highest BCUT2D eigenvalue weighted by Crippen LogP contribution is 2.24. The average Bonchev–Trinajstić information content (AvgIpc) is 3.29. The monoisotopic (exact) mass is 548 g/mol. The average molecular weight is 549 g/mol. The lowest BCUT2D eigenvalue weighted by Gasteiger charge is -2.33. The van der Waals surface area contributed by atoms with Crippen molar-refractivity contribution in [2.45, 2.75) is 83.3 Å². The highest BCUT2D eigenvalue weighted by Gasteiger charge is 2.20. The van der Waals surface area contributed by atoms with Gasteiger partial charge in [0.15, 0.2) is 5.96 Å². The predicted octanol–water partition coefficient (Wildman–Crippen LogP) is 5.41. The van der Waals surface area contributed by atoms with Gasteiger partial charge < -0.3 is 20.3 Å². The van der Waals surface area contributed by atoms with Gasteiger partial charge in [0.05, 0.1) is 11.1 Å². The van der Waals surface area contributed by atoms with Crippen LogP contribution in [-0.2, 0) is 4.74 Å². The molecule has 1 aliphatic heterocycles. The molecule has 7 heteroatoms. The number of aliphatic imine (C=N–C) groups is 1. The highest BCUT2D eigenvalue weighted by atomic mass is 127. The van der Waals surface area contributed by atoms with Gasteiger partial charge >= 0.3 is 0 Å². The Kier molecular flexibility index (Phi) is 13.1. The SMILES string of the molecule is CCNC(=NCCCCCOC1CCCCC1)NC1CCN(c2cccs2)CC1.I. The summed E-state index contributed by atoms with van der Waals surface area (Å²) in [7, 11) is 0. The lowest BCUT2D eigenvalue weighted by molar-refractivity contribution is 0.0264. The van der Waals surface area contributed by atoms with Gasteiger partial charge in [-0.1, -0.05) is 19.3 Å². The smallest absolute Gasteiger partial charge is 0.191 e. The normalized spacial score (nSPS) is 18.8. The van der Waals surface area contributed by atoms with Crippen molar-refractivity contribution in [3.63, 3.8) is 0 Å². The number of rotatable bonds is 10. The van der Waals surface area contributed by atoms with Crippen molar-refractivity contribution < 1.29 is 4.74 Å². The zero-order valence-electron chi connectivity index (χ0n) is 18.6. The first-order valence-corrected chi connectivity index (χ1v) is 12.7. The van der Waals surface area contributed by atoms with Crippen LogP contribution in [0.5, 0.6) is 0 Å². The first-order valence-electron chi connectivity index (χ1n) is 11.8. The molecule has 3 rings (SSSR count). The van der Waals surface area contributed by atoms with Crippen molar-refractivity contribution in [2.24, 2.45) is 4.99 Å². The van der Waals surface area contributed by atoms with Crippen LogP contribution in [0.3, 0.4) is 0 Å². The molecule has 0 radical (unpaired) electrons. The molecule has 0 bridgehead atoms. The molecule has 1 aromatic rings. The molecule has 0 amide bonds. The van der Waals surface area contributed by atoms with Crippen LogP contribution in [0.1, 0.15) is 71.1 Å². The molecule has 2 fully saturated rings. The van der Waals surface area contributed by atoms with Crippen LogP contribution in [0.25, 0.3) is 0 Å². The zero-order chi connectivity index (χ0) is 20.2. The maximum Gasteiger partial charge on any atom is 0.191 e. The molecule has 1 aliphatic carbocycles. The van der Waals surface area contributed by atoms with E-state index in [0.717, 1.165) is 51.6 Å². The quantitative estimate of drug-likeness (QED) is 0.178. The van der Waals surface area contributed by atoms with Crippen LogP contribution < -0.4 is 15.5 Å². The second-order valence-corrected chi connectivity index (χ2v) is 9.24. The van der Waals surface area contributed by atoms with E-state index in [0.29, 0.717) is 12.1 Å². The van der Waals surface area contributed by atoms with Gasteiger partial charge in [-0.2, -0.15) is 0 Å². The van der Waals surface area contributed by atoms with E-state index in [1.807, 2.05) is 11.3 Å². The number of anilines is 1. The number of hydrogen-bond acceptors (Lipinski definition) is 4. The standard InChI is InChI=1S/C23H40N4OS.HI/c1-2-24-23(25-15-7-4-8-18-28-21-10-5-3-6-11-21)26-20-13-16-27(17-14-20)22-12-9-19-29-22;/h9,12,19-21H,2-8,10-11,13-18H2,1H3,(H2,24,25,26);1H. The second-order valence-electron chi connectivity index (χ2n) is 8.31. The molecule has 2 aliphatic rings. The molecule has 0 atom stereocenters. The van der Waals surface area contributed by atoms with E-state index in [9.17, 15) is 0 Å². The Balaban J connectivity index is 0.00000320. The third-order valence-corrected chi connectivity index (χ3v) is 6.90. The molecule has 0 spiro atoms. The minimum absolute atomic E-state index is 0. The van der Waals surface area contributed by atoms with E-state index in [4.69, 9.17) is 9.73 Å². The van der Waals surface area contributed by atoms with Crippen molar-refractivity contribution in [3.05, 3.63) is 17.5 Å². The Hall–Kier alpha value is -0.540. The Morgan fingerprint density at radius 3 is 2.63 bits per heavy atom. The van der Waals surface area contributed by atoms with Crippen molar-refractivity contribution in [3.8, 4) is 0 Å².